The minimum Gasteiger partial charge on any atom is -0.315 e. The van der Waals surface area contributed by atoms with Crippen LogP contribution >= 0.6 is 11.3 Å². The van der Waals surface area contributed by atoms with E-state index in [1.54, 1.807) is 0 Å². The number of aryl methyl sites for hydroxylation is 1. The number of terminal acetylenes is 1. The molecule has 0 aliphatic heterocycles. The van der Waals surface area contributed by atoms with Crippen molar-refractivity contribution in [2.24, 2.45) is 0 Å². The Balaban J connectivity index is 2.04. The maximum absolute atomic E-state index is 11.6. The highest BCUT2D eigenvalue weighted by molar-refractivity contribution is 7.16. The molecule has 2 N–H and O–H groups in total. The summed E-state index contributed by atoms with van der Waals surface area (Å²) in [7, 11) is 0. The van der Waals surface area contributed by atoms with Gasteiger partial charge in [-0.05, 0) is 24.8 Å². The van der Waals surface area contributed by atoms with Gasteiger partial charge in [-0.25, -0.2) is 0 Å². The maximum atomic E-state index is 11.6. The van der Waals surface area contributed by atoms with Crippen LogP contribution in [0.3, 0.4) is 0 Å². The second kappa shape index (κ2) is 5.68. The summed E-state index contributed by atoms with van der Waals surface area (Å²) < 4.78 is 0. The first-order valence-corrected chi connectivity index (χ1v) is 6.56. The first-order valence-electron chi connectivity index (χ1n) is 5.75. The van der Waals surface area contributed by atoms with Crippen LogP contribution in [0.5, 0.6) is 0 Å². The quantitative estimate of drug-likeness (QED) is 0.632. The molecule has 1 amide bonds. The van der Waals surface area contributed by atoms with Crippen LogP contribution < -0.4 is 10.6 Å². The van der Waals surface area contributed by atoms with Gasteiger partial charge in [0.15, 0.2) is 0 Å². The van der Waals surface area contributed by atoms with E-state index in [1.807, 2.05) is 0 Å². The van der Waals surface area contributed by atoms with Gasteiger partial charge < -0.3 is 5.32 Å². The van der Waals surface area contributed by atoms with Gasteiger partial charge in [-0.1, -0.05) is 5.92 Å². The molecule has 0 saturated carbocycles. The molecule has 0 spiro atoms. The van der Waals surface area contributed by atoms with Gasteiger partial charge in [0, 0.05) is 4.88 Å². The number of hydrogen-bond donors (Lipinski definition) is 2. The van der Waals surface area contributed by atoms with Gasteiger partial charge in [0.2, 0.25) is 5.91 Å². The highest BCUT2D eigenvalue weighted by Gasteiger charge is 2.22. The van der Waals surface area contributed by atoms with Crippen LogP contribution in [0, 0.1) is 23.7 Å². The second-order valence-corrected chi connectivity index (χ2v) is 5.13. The summed E-state index contributed by atoms with van der Waals surface area (Å²) in [4.78, 5) is 12.9. The number of nitrogens with one attached hydrogen (secondary N) is 2. The standard InChI is InChI=1S/C13H13N3OS/c1-2-6-15-8-12(17)16-13-10(7-14)9-4-3-5-11(9)18-13/h1,15H,3-6,8H2,(H,16,17). The Bertz CT molecular complexity index is 548. The lowest BCUT2D eigenvalue weighted by Gasteiger charge is -2.03. The van der Waals surface area contributed by atoms with Crippen molar-refractivity contribution in [2.75, 3.05) is 18.4 Å². The number of nitriles is 1. The summed E-state index contributed by atoms with van der Waals surface area (Å²) >= 11 is 1.52. The maximum Gasteiger partial charge on any atom is 0.238 e. The fraction of sp³-hybridized carbons (Fsp3) is 0.385. The normalized spacial score (nSPS) is 12.6. The number of carbonyl (C=O) groups excluding carboxylic acids is 1. The third kappa shape index (κ3) is 2.53. The number of nitrogens with zero attached hydrogens (tertiary/aromatic N) is 1. The topological polar surface area (TPSA) is 64.9 Å². The van der Waals surface area contributed by atoms with E-state index in [0.29, 0.717) is 17.1 Å². The summed E-state index contributed by atoms with van der Waals surface area (Å²) in [5.74, 6) is 2.24. The zero-order valence-corrected chi connectivity index (χ0v) is 10.7. The molecule has 0 bridgehead atoms. The van der Waals surface area contributed by atoms with Crippen LogP contribution in [-0.4, -0.2) is 19.0 Å². The number of rotatable bonds is 4. The summed E-state index contributed by atoms with van der Waals surface area (Å²) in [6, 6.07) is 2.19. The van der Waals surface area contributed by atoms with Crippen LogP contribution in [0.2, 0.25) is 0 Å². The van der Waals surface area contributed by atoms with E-state index in [9.17, 15) is 4.79 Å². The first kappa shape index (κ1) is 12.6. The molecule has 18 heavy (non-hydrogen) atoms. The third-order valence-electron chi connectivity index (χ3n) is 2.80. The summed E-state index contributed by atoms with van der Waals surface area (Å²) in [6.07, 6.45) is 8.14. The predicted octanol–water partition coefficient (Wildman–Crippen LogP) is 1.27. The number of hydrogen-bond acceptors (Lipinski definition) is 4. The molecule has 4 nitrogen and oxygen atoms in total. The van der Waals surface area contributed by atoms with Crippen molar-refractivity contribution >= 4 is 22.2 Å². The van der Waals surface area contributed by atoms with Gasteiger partial charge >= 0.3 is 0 Å². The molecule has 5 heteroatoms. The lowest BCUT2D eigenvalue weighted by atomic mass is 10.1. The minimum atomic E-state index is -0.165. The molecule has 0 fully saturated rings. The summed E-state index contributed by atoms with van der Waals surface area (Å²) in [5, 5.41) is 15.4. The number of fused-ring (bicyclic) bond motifs is 1. The number of amides is 1. The Morgan fingerprint density at radius 1 is 1.50 bits per heavy atom. The van der Waals surface area contributed by atoms with E-state index in [0.717, 1.165) is 24.8 Å². The lowest BCUT2D eigenvalue weighted by molar-refractivity contribution is -0.115. The molecule has 1 aromatic rings. The van der Waals surface area contributed by atoms with Crippen LogP contribution in [0.25, 0.3) is 0 Å². The van der Waals surface area contributed by atoms with Crippen molar-refractivity contribution in [1.29, 1.82) is 5.26 Å². The first-order chi connectivity index (χ1) is 8.76. The SMILES string of the molecule is C#CCNCC(=O)Nc1sc2c(c1C#N)CCC2. The fourth-order valence-corrected chi connectivity index (χ4v) is 3.29. The summed E-state index contributed by atoms with van der Waals surface area (Å²) in [5.41, 5.74) is 1.76. The molecule has 1 aliphatic rings. The second-order valence-electron chi connectivity index (χ2n) is 4.03. The van der Waals surface area contributed by atoms with Gasteiger partial charge in [-0.2, -0.15) is 5.26 Å². The highest BCUT2D eigenvalue weighted by Crippen LogP contribution is 2.38. The van der Waals surface area contributed by atoms with Crippen molar-refractivity contribution in [3.05, 3.63) is 16.0 Å². The average molecular weight is 259 g/mol. The molecule has 1 aliphatic carbocycles. The van der Waals surface area contributed by atoms with Gasteiger partial charge in [0.05, 0.1) is 18.7 Å². The van der Waals surface area contributed by atoms with Crippen LogP contribution in [0.15, 0.2) is 0 Å². The largest absolute Gasteiger partial charge is 0.315 e. The van der Waals surface area contributed by atoms with Crippen molar-refractivity contribution in [3.63, 3.8) is 0 Å². The molecule has 0 atom stereocenters. The Morgan fingerprint density at radius 2 is 2.33 bits per heavy atom. The summed E-state index contributed by atoms with van der Waals surface area (Å²) in [6.45, 7) is 0.525. The molecular weight excluding hydrogens is 246 g/mol. The van der Waals surface area contributed by atoms with Crippen LogP contribution in [0.4, 0.5) is 5.00 Å². The van der Waals surface area contributed by atoms with Crippen LogP contribution in [-0.2, 0) is 17.6 Å². The minimum absolute atomic E-state index is 0.164. The van der Waals surface area contributed by atoms with Crippen molar-refractivity contribution in [2.45, 2.75) is 19.3 Å². The Morgan fingerprint density at radius 3 is 3.06 bits per heavy atom. The van der Waals surface area contributed by atoms with E-state index >= 15 is 0 Å². The molecule has 0 saturated heterocycles. The van der Waals surface area contributed by atoms with Gasteiger partial charge in [-0.3, -0.25) is 10.1 Å². The van der Waals surface area contributed by atoms with Gasteiger partial charge in [-0.15, -0.1) is 17.8 Å². The lowest BCUT2D eigenvalue weighted by Crippen LogP contribution is -2.28. The molecule has 1 aromatic heterocycles. The molecule has 0 aromatic carbocycles. The number of carbonyl (C=O) groups is 1. The van der Waals surface area contributed by atoms with E-state index in [1.165, 1.54) is 16.2 Å². The van der Waals surface area contributed by atoms with Gasteiger partial charge in [0.1, 0.15) is 11.1 Å². The van der Waals surface area contributed by atoms with E-state index in [4.69, 9.17) is 11.7 Å². The van der Waals surface area contributed by atoms with Crippen molar-refractivity contribution in [1.82, 2.24) is 5.32 Å². The Hall–Kier alpha value is -1.82. The van der Waals surface area contributed by atoms with Crippen LogP contribution in [0.1, 0.15) is 22.4 Å². The zero-order chi connectivity index (χ0) is 13.0. The Kier molecular flexibility index (Phi) is 3.99. The molecule has 0 unspecified atom stereocenters. The van der Waals surface area contributed by atoms with Gasteiger partial charge in [0.25, 0.3) is 0 Å². The number of thiophene rings is 1. The van der Waals surface area contributed by atoms with Crippen molar-refractivity contribution in [3.8, 4) is 18.4 Å². The smallest absolute Gasteiger partial charge is 0.238 e. The monoisotopic (exact) mass is 259 g/mol. The average Bonchev–Trinajstić information content (AvgIpc) is 2.89. The molecule has 1 heterocycles. The molecular formula is C13H13N3OS. The molecule has 2 rings (SSSR count). The predicted molar refractivity (Wildman–Crippen MR) is 71.4 cm³/mol. The van der Waals surface area contributed by atoms with Crippen molar-refractivity contribution < 1.29 is 4.79 Å². The van der Waals surface area contributed by atoms with E-state index in [-0.39, 0.29) is 12.5 Å². The van der Waals surface area contributed by atoms with E-state index < -0.39 is 0 Å². The molecule has 92 valence electrons. The highest BCUT2D eigenvalue weighted by atomic mass is 32.1. The fourth-order valence-electron chi connectivity index (χ4n) is 2.03. The third-order valence-corrected chi connectivity index (χ3v) is 4.01. The van der Waals surface area contributed by atoms with E-state index in [2.05, 4.69) is 22.6 Å². The zero-order valence-electron chi connectivity index (χ0n) is 9.88. The Labute approximate surface area is 110 Å². The number of anilines is 1. The molecule has 0 radical (unpaired) electrons.